The van der Waals surface area contributed by atoms with E-state index in [2.05, 4.69) is 0 Å². The molecule has 0 unspecified atom stereocenters. The molecule has 0 heterocycles. The van der Waals surface area contributed by atoms with Crippen LogP contribution in [-0.4, -0.2) is 25.4 Å². The molecule has 4 rings (SSSR count). The molecule has 0 spiro atoms. The lowest BCUT2D eigenvalue weighted by Crippen LogP contribution is -2.20. The zero-order valence-electron chi connectivity index (χ0n) is 19.2. The minimum atomic E-state index is -0.904. The normalized spacial score (nSPS) is 25.6. The van der Waals surface area contributed by atoms with Crippen LogP contribution in [0.4, 0.5) is 13.2 Å². The number of aliphatic hydroxyl groups is 1. The Morgan fingerprint density at radius 1 is 0.788 bits per heavy atom. The smallest absolute Gasteiger partial charge is 0.200 e. The van der Waals surface area contributed by atoms with Gasteiger partial charge in [0.25, 0.3) is 0 Å². The van der Waals surface area contributed by atoms with Gasteiger partial charge in [0.05, 0.1) is 13.7 Å². The molecule has 2 fully saturated rings. The Morgan fingerprint density at radius 3 is 2.06 bits per heavy atom. The quantitative estimate of drug-likeness (QED) is 0.496. The number of hydrogen-bond donors (Lipinski definition) is 1. The van der Waals surface area contributed by atoms with Gasteiger partial charge < -0.3 is 14.6 Å². The number of hydrogen-bond acceptors (Lipinski definition) is 3. The summed E-state index contributed by atoms with van der Waals surface area (Å²) in [6, 6.07) is 8.35. The van der Waals surface area contributed by atoms with Crippen LogP contribution in [0.3, 0.4) is 0 Å². The van der Waals surface area contributed by atoms with Gasteiger partial charge in [-0.3, -0.25) is 0 Å². The third-order valence-corrected chi connectivity index (χ3v) is 7.59. The highest BCUT2D eigenvalue weighted by molar-refractivity contribution is 5.34. The van der Waals surface area contributed by atoms with Gasteiger partial charge in [0.15, 0.2) is 23.1 Å². The van der Waals surface area contributed by atoms with E-state index in [-0.39, 0.29) is 47.6 Å². The van der Waals surface area contributed by atoms with E-state index in [9.17, 15) is 18.3 Å². The fourth-order valence-electron chi connectivity index (χ4n) is 5.44. The molecule has 2 aromatic rings. The summed E-state index contributed by atoms with van der Waals surface area (Å²) in [5.41, 5.74) is 1.40. The predicted molar refractivity (Wildman–Crippen MR) is 121 cm³/mol. The largest absolute Gasteiger partial charge is 0.494 e. The van der Waals surface area contributed by atoms with E-state index in [1.165, 1.54) is 7.11 Å². The maximum Gasteiger partial charge on any atom is 0.200 e. The molecule has 0 amide bonds. The standard InChI is InChI=1S/C27H33F3O3/c1-32-24-12-10-21(14-23(24)28)19-6-4-18(5-7-19)16-33-25-13-11-22(26(29)27(25)30)20-8-2-17(15-31)3-9-20/h10-14,17-20,31H,2-9,15-16H2,1H3. The van der Waals surface area contributed by atoms with E-state index in [4.69, 9.17) is 9.47 Å². The number of rotatable bonds is 7. The molecule has 0 atom stereocenters. The Kier molecular flexibility index (Phi) is 7.84. The van der Waals surface area contributed by atoms with Crippen molar-refractivity contribution >= 4 is 0 Å². The molecule has 0 saturated heterocycles. The topological polar surface area (TPSA) is 38.7 Å². The average molecular weight is 463 g/mol. The third-order valence-electron chi connectivity index (χ3n) is 7.59. The average Bonchev–Trinajstić information content (AvgIpc) is 2.85. The Hall–Kier alpha value is -2.21. The van der Waals surface area contributed by atoms with Crippen molar-refractivity contribution in [2.24, 2.45) is 11.8 Å². The maximum atomic E-state index is 14.8. The van der Waals surface area contributed by atoms with Crippen LogP contribution in [0.5, 0.6) is 11.5 Å². The van der Waals surface area contributed by atoms with Crippen LogP contribution in [0, 0.1) is 29.3 Å². The first-order chi connectivity index (χ1) is 16.0. The van der Waals surface area contributed by atoms with Gasteiger partial charge in [0, 0.05) is 6.61 Å². The van der Waals surface area contributed by atoms with E-state index in [0.717, 1.165) is 56.9 Å². The number of halogens is 3. The monoisotopic (exact) mass is 462 g/mol. The Bertz CT molecular complexity index is 932. The van der Waals surface area contributed by atoms with E-state index in [1.54, 1.807) is 24.3 Å². The van der Waals surface area contributed by atoms with Crippen molar-refractivity contribution in [3.63, 3.8) is 0 Å². The Labute approximate surface area is 193 Å². The first kappa shape index (κ1) is 23.9. The summed E-state index contributed by atoms with van der Waals surface area (Å²) < 4.78 is 54.2. The molecule has 2 aliphatic rings. The minimum Gasteiger partial charge on any atom is -0.494 e. The summed E-state index contributed by atoms with van der Waals surface area (Å²) in [6.45, 7) is 0.510. The fourth-order valence-corrected chi connectivity index (χ4v) is 5.44. The predicted octanol–water partition coefficient (Wildman–Crippen LogP) is 6.73. The molecule has 180 valence electrons. The van der Waals surface area contributed by atoms with Gasteiger partial charge in [-0.15, -0.1) is 0 Å². The fraction of sp³-hybridized carbons (Fsp3) is 0.556. The molecule has 33 heavy (non-hydrogen) atoms. The van der Waals surface area contributed by atoms with E-state index < -0.39 is 11.6 Å². The second-order valence-electron chi connectivity index (χ2n) is 9.60. The van der Waals surface area contributed by atoms with Gasteiger partial charge >= 0.3 is 0 Å². The lowest BCUT2D eigenvalue weighted by Gasteiger charge is -2.29. The highest BCUT2D eigenvalue weighted by Gasteiger charge is 2.27. The van der Waals surface area contributed by atoms with Crippen LogP contribution >= 0.6 is 0 Å². The van der Waals surface area contributed by atoms with Crippen molar-refractivity contribution in [3.05, 3.63) is 58.9 Å². The van der Waals surface area contributed by atoms with Crippen molar-refractivity contribution in [3.8, 4) is 11.5 Å². The number of ether oxygens (including phenoxy) is 2. The van der Waals surface area contributed by atoms with E-state index in [1.807, 2.05) is 6.07 Å². The van der Waals surface area contributed by atoms with Crippen LogP contribution in [0.2, 0.25) is 0 Å². The highest BCUT2D eigenvalue weighted by atomic mass is 19.2. The van der Waals surface area contributed by atoms with E-state index >= 15 is 0 Å². The van der Waals surface area contributed by atoms with Crippen molar-refractivity contribution in [2.45, 2.75) is 63.2 Å². The van der Waals surface area contributed by atoms with Crippen molar-refractivity contribution in [2.75, 3.05) is 20.3 Å². The highest BCUT2D eigenvalue weighted by Crippen LogP contribution is 2.40. The lowest BCUT2D eigenvalue weighted by atomic mass is 9.78. The van der Waals surface area contributed by atoms with Gasteiger partial charge in [-0.1, -0.05) is 12.1 Å². The molecule has 0 aliphatic heterocycles. The first-order valence-electron chi connectivity index (χ1n) is 12.0. The van der Waals surface area contributed by atoms with Gasteiger partial charge in [0.1, 0.15) is 0 Å². The van der Waals surface area contributed by atoms with Crippen molar-refractivity contribution < 1.29 is 27.8 Å². The lowest BCUT2D eigenvalue weighted by molar-refractivity contribution is 0.181. The third kappa shape index (κ3) is 5.48. The summed E-state index contributed by atoms with van der Waals surface area (Å²) in [5, 5.41) is 9.28. The molecule has 0 aromatic heterocycles. The van der Waals surface area contributed by atoms with Crippen LogP contribution in [0.1, 0.15) is 74.3 Å². The summed E-state index contributed by atoms with van der Waals surface area (Å²) in [7, 11) is 1.45. The second kappa shape index (κ2) is 10.8. The van der Waals surface area contributed by atoms with Crippen LogP contribution in [0.15, 0.2) is 30.3 Å². The molecule has 1 N–H and O–H groups in total. The molecule has 0 bridgehead atoms. The van der Waals surface area contributed by atoms with Crippen molar-refractivity contribution in [1.82, 2.24) is 0 Å². The molecule has 2 aliphatic carbocycles. The minimum absolute atomic E-state index is 0.00517. The van der Waals surface area contributed by atoms with Gasteiger partial charge in [0.2, 0.25) is 5.82 Å². The molecule has 6 heteroatoms. The maximum absolute atomic E-state index is 14.8. The van der Waals surface area contributed by atoms with Crippen LogP contribution in [-0.2, 0) is 0 Å². The molecule has 2 aromatic carbocycles. The van der Waals surface area contributed by atoms with E-state index in [0.29, 0.717) is 12.2 Å². The summed E-state index contributed by atoms with van der Waals surface area (Å²) >= 11 is 0. The zero-order chi connectivity index (χ0) is 23.4. The SMILES string of the molecule is COc1ccc(C2CCC(COc3ccc(C4CCC(CO)CC4)c(F)c3F)CC2)cc1F. The van der Waals surface area contributed by atoms with Crippen LogP contribution < -0.4 is 9.47 Å². The summed E-state index contributed by atoms with van der Waals surface area (Å²) in [6.07, 6.45) is 6.83. The van der Waals surface area contributed by atoms with Crippen molar-refractivity contribution in [1.29, 1.82) is 0 Å². The van der Waals surface area contributed by atoms with Gasteiger partial charge in [-0.2, -0.15) is 4.39 Å². The Morgan fingerprint density at radius 2 is 1.42 bits per heavy atom. The Balaban J connectivity index is 1.30. The summed E-state index contributed by atoms with van der Waals surface area (Å²) in [4.78, 5) is 0. The van der Waals surface area contributed by atoms with Crippen LogP contribution in [0.25, 0.3) is 0 Å². The molecule has 3 nitrogen and oxygen atoms in total. The molecule has 0 radical (unpaired) electrons. The number of benzene rings is 2. The second-order valence-corrected chi connectivity index (χ2v) is 9.60. The van der Waals surface area contributed by atoms with Gasteiger partial charge in [-0.25, -0.2) is 8.78 Å². The summed E-state index contributed by atoms with van der Waals surface area (Å²) in [5.74, 6) is -1.01. The zero-order valence-corrected chi connectivity index (χ0v) is 19.2. The number of aliphatic hydroxyl groups excluding tert-OH is 1. The number of methoxy groups -OCH3 is 1. The molecular formula is C27H33F3O3. The van der Waals surface area contributed by atoms with Gasteiger partial charge in [-0.05, 0) is 104 Å². The first-order valence-corrected chi connectivity index (χ1v) is 12.0. The molecular weight excluding hydrogens is 429 g/mol. The molecule has 2 saturated carbocycles.